The molecule has 0 spiro atoms. The third-order valence-electron chi connectivity index (χ3n) is 2.53. The van der Waals surface area contributed by atoms with Crippen molar-refractivity contribution in [2.45, 2.75) is 12.8 Å². The molecule has 0 saturated carbocycles. The number of rotatable bonds is 3. The zero-order valence-electron chi connectivity index (χ0n) is 8.96. The van der Waals surface area contributed by atoms with Gasteiger partial charge in [-0.25, -0.2) is 9.97 Å². The van der Waals surface area contributed by atoms with Crippen molar-refractivity contribution in [3.05, 3.63) is 52.6 Å². The van der Waals surface area contributed by atoms with Crippen molar-refractivity contribution in [3.63, 3.8) is 0 Å². The van der Waals surface area contributed by atoms with Crippen LogP contribution in [0.15, 0.2) is 40.0 Å². The molecule has 0 amide bonds. The molecule has 1 N–H and O–H groups in total. The van der Waals surface area contributed by atoms with Crippen LogP contribution >= 0.6 is 0 Å². The fourth-order valence-electron chi connectivity index (χ4n) is 1.70. The van der Waals surface area contributed by atoms with E-state index in [0.29, 0.717) is 12.2 Å². The Labute approximate surface area is 95.9 Å². The molecule has 0 aliphatic rings. The molecule has 0 radical (unpaired) electrons. The van der Waals surface area contributed by atoms with Crippen molar-refractivity contribution in [3.8, 4) is 0 Å². The Balaban J connectivity index is 1.88. The van der Waals surface area contributed by atoms with Gasteiger partial charge in [0.05, 0.1) is 12.0 Å². The molecule has 86 valence electrons. The molecule has 0 atom stereocenters. The number of aromatic amines is 1. The van der Waals surface area contributed by atoms with E-state index in [9.17, 15) is 4.79 Å². The third-order valence-corrected chi connectivity index (χ3v) is 2.53. The fraction of sp³-hybridized carbons (Fsp3) is 0.182. The van der Waals surface area contributed by atoms with E-state index in [4.69, 9.17) is 4.42 Å². The van der Waals surface area contributed by atoms with E-state index >= 15 is 0 Å². The average molecular weight is 230 g/mol. The first-order chi connectivity index (χ1) is 8.33. The van der Waals surface area contributed by atoms with Crippen molar-refractivity contribution in [1.82, 2.24) is 19.6 Å². The van der Waals surface area contributed by atoms with Gasteiger partial charge in [0.25, 0.3) is 11.3 Å². The molecule has 6 nitrogen and oxygen atoms in total. The number of H-pyrrole nitrogens is 1. The first kappa shape index (κ1) is 9.83. The molecule has 3 aromatic rings. The average Bonchev–Trinajstić information content (AvgIpc) is 2.97. The molecule has 3 rings (SSSR count). The van der Waals surface area contributed by atoms with Gasteiger partial charge in [-0.05, 0) is 18.6 Å². The second-order valence-corrected chi connectivity index (χ2v) is 3.69. The zero-order chi connectivity index (χ0) is 11.7. The van der Waals surface area contributed by atoms with Gasteiger partial charge in [0, 0.05) is 12.5 Å². The van der Waals surface area contributed by atoms with Gasteiger partial charge in [-0.2, -0.15) is 4.52 Å². The molecule has 0 aromatic carbocycles. The number of aryl methyl sites for hydroxylation is 2. The van der Waals surface area contributed by atoms with E-state index in [0.717, 1.165) is 17.9 Å². The summed E-state index contributed by atoms with van der Waals surface area (Å²) in [4.78, 5) is 19.9. The Bertz CT molecular complexity index is 681. The van der Waals surface area contributed by atoms with Gasteiger partial charge in [-0.15, -0.1) is 0 Å². The lowest BCUT2D eigenvalue weighted by Gasteiger charge is -1.98. The van der Waals surface area contributed by atoms with Crippen LogP contribution in [0.2, 0.25) is 0 Å². The van der Waals surface area contributed by atoms with Crippen LogP contribution in [0, 0.1) is 0 Å². The van der Waals surface area contributed by atoms with Gasteiger partial charge in [-0.1, -0.05) is 0 Å². The maximum Gasteiger partial charge on any atom is 0.274 e. The summed E-state index contributed by atoms with van der Waals surface area (Å²) in [6, 6.07) is 5.25. The lowest BCUT2D eigenvalue weighted by Crippen LogP contribution is -2.15. The van der Waals surface area contributed by atoms with Crippen molar-refractivity contribution in [1.29, 1.82) is 0 Å². The monoisotopic (exact) mass is 230 g/mol. The van der Waals surface area contributed by atoms with Crippen molar-refractivity contribution in [2.75, 3.05) is 0 Å². The van der Waals surface area contributed by atoms with Crippen LogP contribution in [-0.2, 0) is 12.8 Å². The van der Waals surface area contributed by atoms with Gasteiger partial charge in [0.1, 0.15) is 12.1 Å². The van der Waals surface area contributed by atoms with Gasteiger partial charge in [0.2, 0.25) is 0 Å². The predicted molar refractivity (Wildman–Crippen MR) is 59.7 cm³/mol. The summed E-state index contributed by atoms with van der Waals surface area (Å²) in [6.07, 6.45) is 4.46. The lowest BCUT2D eigenvalue weighted by atomic mass is 10.2. The normalized spacial score (nSPS) is 11.1. The first-order valence-electron chi connectivity index (χ1n) is 5.27. The molecule has 0 aliphatic carbocycles. The Kier molecular flexibility index (Phi) is 2.25. The molecule has 3 heterocycles. The summed E-state index contributed by atoms with van der Waals surface area (Å²) in [6.45, 7) is 0. The maximum atomic E-state index is 11.7. The summed E-state index contributed by atoms with van der Waals surface area (Å²) in [5.74, 6) is 1.28. The first-order valence-corrected chi connectivity index (χ1v) is 5.27. The Morgan fingerprint density at radius 3 is 3.18 bits per heavy atom. The third kappa shape index (κ3) is 1.84. The van der Waals surface area contributed by atoms with E-state index in [2.05, 4.69) is 15.1 Å². The predicted octanol–water partition coefficient (Wildman–Crippen LogP) is 0.796. The van der Waals surface area contributed by atoms with E-state index in [1.807, 2.05) is 12.1 Å². The molecule has 0 fully saturated rings. The largest absolute Gasteiger partial charge is 0.469 e. The minimum absolute atomic E-state index is 0.151. The highest BCUT2D eigenvalue weighted by molar-refractivity contribution is 5.26. The Hall–Kier alpha value is -2.37. The number of hydrogen-bond acceptors (Lipinski definition) is 4. The summed E-state index contributed by atoms with van der Waals surface area (Å²) in [7, 11) is 0. The Morgan fingerprint density at radius 2 is 2.35 bits per heavy atom. The highest BCUT2D eigenvalue weighted by Gasteiger charge is 2.05. The van der Waals surface area contributed by atoms with Crippen molar-refractivity contribution >= 4 is 5.78 Å². The molecule has 0 unspecified atom stereocenters. The molecular weight excluding hydrogens is 220 g/mol. The van der Waals surface area contributed by atoms with Gasteiger partial charge in [-0.3, -0.25) is 9.89 Å². The van der Waals surface area contributed by atoms with Crippen LogP contribution in [0.3, 0.4) is 0 Å². The summed E-state index contributed by atoms with van der Waals surface area (Å²) >= 11 is 0. The van der Waals surface area contributed by atoms with Crippen LogP contribution in [0.5, 0.6) is 0 Å². The number of nitrogens with zero attached hydrogens (tertiary/aromatic N) is 3. The summed E-state index contributed by atoms with van der Waals surface area (Å²) in [5, 5.41) is 2.70. The van der Waals surface area contributed by atoms with E-state index in [1.165, 1.54) is 16.9 Å². The standard InChI is InChI=1S/C11H10N4O2/c16-10-6-8(3-4-9-2-1-5-17-9)14-11-12-7-13-15(10)11/h1-2,5-7H,3-4H2,(H,12,13,14). The molecular formula is C11H10N4O2. The molecule has 0 bridgehead atoms. The minimum atomic E-state index is -0.151. The van der Waals surface area contributed by atoms with Crippen LogP contribution in [-0.4, -0.2) is 19.6 Å². The topological polar surface area (TPSA) is 76.2 Å². The highest BCUT2D eigenvalue weighted by atomic mass is 16.3. The fourth-order valence-corrected chi connectivity index (χ4v) is 1.70. The molecule has 6 heteroatoms. The molecule has 0 aliphatic heterocycles. The van der Waals surface area contributed by atoms with Crippen molar-refractivity contribution < 1.29 is 4.42 Å². The van der Waals surface area contributed by atoms with Gasteiger partial charge >= 0.3 is 0 Å². The van der Waals surface area contributed by atoms with Gasteiger partial charge in [0.15, 0.2) is 0 Å². The summed E-state index contributed by atoms with van der Waals surface area (Å²) < 4.78 is 6.53. The van der Waals surface area contributed by atoms with E-state index < -0.39 is 0 Å². The van der Waals surface area contributed by atoms with Crippen LogP contribution in [0.1, 0.15) is 11.5 Å². The quantitative estimate of drug-likeness (QED) is 0.721. The maximum absolute atomic E-state index is 11.7. The number of hydrogen-bond donors (Lipinski definition) is 1. The van der Waals surface area contributed by atoms with Crippen LogP contribution < -0.4 is 5.56 Å². The Morgan fingerprint density at radius 1 is 1.41 bits per heavy atom. The smallest absolute Gasteiger partial charge is 0.274 e. The number of fused-ring (bicyclic) bond motifs is 1. The summed E-state index contributed by atoms with van der Waals surface area (Å²) in [5.41, 5.74) is 0.570. The highest BCUT2D eigenvalue weighted by Crippen LogP contribution is 2.05. The molecule has 0 saturated heterocycles. The molecule has 17 heavy (non-hydrogen) atoms. The second-order valence-electron chi connectivity index (χ2n) is 3.69. The lowest BCUT2D eigenvalue weighted by molar-refractivity contribution is 0.507. The zero-order valence-corrected chi connectivity index (χ0v) is 8.96. The number of furan rings is 1. The van der Waals surface area contributed by atoms with Gasteiger partial charge < -0.3 is 4.42 Å². The minimum Gasteiger partial charge on any atom is -0.469 e. The number of aromatic nitrogens is 4. The SMILES string of the molecule is O=c1cc(CCc2ccco2)nc2nc[nH]n12. The van der Waals surface area contributed by atoms with E-state index in [1.54, 1.807) is 6.26 Å². The van der Waals surface area contributed by atoms with E-state index in [-0.39, 0.29) is 5.56 Å². The van der Waals surface area contributed by atoms with Crippen LogP contribution in [0.4, 0.5) is 0 Å². The number of nitrogens with one attached hydrogen (secondary N) is 1. The second kappa shape index (κ2) is 3.89. The molecule has 3 aromatic heterocycles. The van der Waals surface area contributed by atoms with Crippen molar-refractivity contribution in [2.24, 2.45) is 0 Å². The van der Waals surface area contributed by atoms with Crippen LogP contribution in [0.25, 0.3) is 5.78 Å².